The van der Waals surface area contributed by atoms with Crippen molar-refractivity contribution in [3.63, 3.8) is 0 Å². The topological polar surface area (TPSA) is 46.6 Å². The zero-order valence-corrected chi connectivity index (χ0v) is 12.9. The lowest BCUT2D eigenvalue weighted by atomic mass is 10.3. The largest absolute Gasteiger partial charge is 0.383 e. The fourth-order valence-corrected chi connectivity index (χ4v) is 3.90. The van der Waals surface area contributed by atoms with Crippen LogP contribution in [0.2, 0.25) is 0 Å². The highest BCUT2D eigenvalue weighted by Crippen LogP contribution is 2.33. The number of hydrogen-bond acceptors (Lipinski definition) is 3. The molecule has 0 amide bonds. The average Bonchev–Trinajstić information content (AvgIpc) is 3.13. The minimum absolute atomic E-state index is 0.0248. The normalized spacial score (nSPS) is 16.0. The molecule has 0 N–H and O–H groups in total. The summed E-state index contributed by atoms with van der Waals surface area (Å²) in [5.74, 6) is -0.738. The van der Waals surface area contributed by atoms with Gasteiger partial charge in [-0.2, -0.15) is 4.31 Å². The summed E-state index contributed by atoms with van der Waals surface area (Å²) in [6, 6.07) is 3.95. The van der Waals surface area contributed by atoms with E-state index in [0.717, 1.165) is 18.9 Å². The Kier molecular flexibility index (Phi) is 4.60. The first kappa shape index (κ1) is 14.9. The minimum atomic E-state index is -3.80. The van der Waals surface area contributed by atoms with Crippen molar-refractivity contribution in [1.29, 1.82) is 0 Å². The molecule has 0 atom stereocenters. The molecule has 0 radical (unpaired) electrons. The van der Waals surface area contributed by atoms with Crippen molar-refractivity contribution >= 4 is 26.0 Å². The zero-order chi connectivity index (χ0) is 14.0. The number of benzene rings is 1. The maximum atomic E-state index is 13.8. The molecule has 2 rings (SSSR count). The molecule has 0 spiro atoms. The third kappa shape index (κ3) is 3.34. The van der Waals surface area contributed by atoms with E-state index in [1.165, 1.54) is 23.5 Å². The third-order valence-electron chi connectivity index (χ3n) is 2.95. The Bertz CT molecular complexity index is 560. The molecule has 1 aromatic rings. The molecule has 1 fully saturated rings. The molecule has 7 heteroatoms. The van der Waals surface area contributed by atoms with Crippen LogP contribution < -0.4 is 0 Å². The standard InChI is InChI=1S/C12H15BrFNO3S/c1-18-7-6-15(10-3-4-10)19(16,17)12-5-2-9(13)8-11(12)14/h2,5,8,10H,3-4,6-7H2,1H3. The predicted molar refractivity (Wildman–Crippen MR) is 72.9 cm³/mol. The van der Waals surface area contributed by atoms with Crippen LogP contribution in [0.4, 0.5) is 4.39 Å². The molecule has 1 aromatic carbocycles. The van der Waals surface area contributed by atoms with Crippen LogP contribution in [0.15, 0.2) is 27.6 Å². The molecule has 0 unspecified atom stereocenters. The van der Waals surface area contributed by atoms with Gasteiger partial charge in [0.25, 0.3) is 0 Å². The highest BCUT2D eigenvalue weighted by molar-refractivity contribution is 9.10. The van der Waals surface area contributed by atoms with Crippen molar-refractivity contribution in [1.82, 2.24) is 4.31 Å². The smallest absolute Gasteiger partial charge is 0.246 e. The Hall–Kier alpha value is -0.500. The molecule has 0 bridgehead atoms. The van der Waals surface area contributed by atoms with E-state index in [0.29, 0.717) is 11.1 Å². The molecular weight excluding hydrogens is 337 g/mol. The first-order valence-corrected chi connectivity index (χ1v) is 8.16. The van der Waals surface area contributed by atoms with Gasteiger partial charge in [0.1, 0.15) is 10.7 Å². The van der Waals surface area contributed by atoms with Crippen molar-refractivity contribution in [2.24, 2.45) is 0 Å². The van der Waals surface area contributed by atoms with Crippen LogP contribution in [0.3, 0.4) is 0 Å². The molecule has 106 valence electrons. The van der Waals surface area contributed by atoms with Crippen LogP contribution in [0, 0.1) is 5.82 Å². The summed E-state index contributed by atoms with van der Waals surface area (Å²) in [5.41, 5.74) is 0. The van der Waals surface area contributed by atoms with Crippen LogP contribution in [-0.2, 0) is 14.8 Å². The fraction of sp³-hybridized carbons (Fsp3) is 0.500. The van der Waals surface area contributed by atoms with Gasteiger partial charge in [-0.15, -0.1) is 0 Å². The van der Waals surface area contributed by atoms with Crippen LogP contribution in [0.5, 0.6) is 0 Å². The summed E-state index contributed by atoms with van der Waals surface area (Å²) < 4.78 is 45.6. The Labute approximate surface area is 120 Å². The lowest BCUT2D eigenvalue weighted by molar-refractivity contribution is 0.177. The second-order valence-corrected chi connectivity index (χ2v) is 7.19. The van der Waals surface area contributed by atoms with Gasteiger partial charge < -0.3 is 4.74 Å². The lowest BCUT2D eigenvalue weighted by Crippen LogP contribution is -2.36. The number of sulfonamides is 1. The van der Waals surface area contributed by atoms with E-state index >= 15 is 0 Å². The van der Waals surface area contributed by atoms with Gasteiger partial charge in [0.05, 0.1) is 6.61 Å². The molecule has 19 heavy (non-hydrogen) atoms. The maximum absolute atomic E-state index is 13.8. The summed E-state index contributed by atoms with van der Waals surface area (Å²) in [6.45, 7) is 0.548. The SMILES string of the molecule is COCCN(C1CC1)S(=O)(=O)c1ccc(Br)cc1F. The van der Waals surface area contributed by atoms with Crippen molar-refractivity contribution < 1.29 is 17.5 Å². The molecule has 4 nitrogen and oxygen atoms in total. The quantitative estimate of drug-likeness (QED) is 0.790. The van der Waals surface area contributed by atoms with Gasteiger partial charge in [0.2, 0.25) is 10.0 Å². The van der Waals surface area contributed by atoms with E-state index in [1.54, 1.807) is 0 Å². The molecule has 1 saturated carbocycles. The number of ether oxygens (including phenoxy) is 1. The van der Waals surface area contributed by atoms with Crippen LogP contribution in [0.1, 0.15) is 12.8 Å². The number of halogens is 2. The highest BCUT2D eigenvalue weighted by Gasteiger charge is 2.38. The second kappa shape index (κ2) is 5.87. The van der Waals surface area contributed by atoms with Gasteiger partial charge in [-0.25, -0.2) is 12.8 Å². The fourth-order valence-electron chi connectivity index (χ4n) is 1.85. The van der Waals surface area contributed by atoms with Gasteiger partial charge in [-0.1, -0.05) is 15.9 Å². The Morgan fingerprint density at radius 2 is 2.16 bits per heavy atom. The molecule has 0 aliphatic heterocycles. The Morgan fingerprint density at radius 3 is 2.68 bits per heavy atom. The van der Waals surface area contributed by atoms with E-state index in [4.69, 9.17) is 4.74 Å². The highest BCUT2D eigenvalue weighted by atomic mass is 79.9. The van der Waals surface area contributed by atoms with Crippen LogP contribution in [-0.4, -0.2) is 39.0 Å². The summed E-state index contributed by atoms with van der Waals surface area (Å²) in [5, 5.41) is 0. The summed E-state index contributed by atoms with van der Waals surface area (Å²) in [6.07, 6.45) is 1.64. The Morgan fingerprint density at radius 1 is 1.47 bits per heavy atom. The molecule has 0 heterocycles. The van der Waals surface area contributed by atoms with Gasteiger partial charge in [0, 0.05) is 24.2 Å². The van der Waals surface area contributed by atoms with Crippen LogP contribution >= 0.6 is 15.9 Å². The van der Waals surface area contributed by atoms with Crippen molar-refractivity contribution in [2.75, 3.05) is 20.3 Å². The number of hydrogen-bond donors (Lipinski definition) is 0. The monoisotopic (exact) mass is 351 g/mol. The first-order valence-electron chi connectivity index (χ1n) is 5.92. The van der Waals surface area contributed by atoms with Crippen LogP contribution in [0.25, 0.3) is 0 Å². The van der Waals surface area contributed by atoms with Gasteiger partial charge >= 0.3 is 0 Å². The lowest BCUT2D eigenvalue weighted by Gasteiger charge is -2.21. The summed E-state index contributed by atoms with van der Waals surface area (Å²) in [4.78, 5) is -0.279. The van der Waals surface area contributed by atoms with E-state index < -0.39 is 15.8 Å². The predicted octanol–water partition coefficient (Wildman–Crippen LogP) is 2.39. The molecular formula is C12H15BrFNO3S. The maximum Gasteiger partial charge on any atom is 0.246 e. The average molecular weight is 352 g/mol. The van der Waals surface area contributed by atoms with Gasteiger partial charge in [0.15, 0.2) is 0 Å². The molecule has 0 saturated heterocycles. The van der Waals surface area contributed by atoms with Crippen molar-refractivity contribution in [3.8, 4) is 0 Å². The Balaban J connectivity index is 2.33. The van der Waals surface area contributed by atoms with E-state index in [9.17, 15) is 12.8 Å². The summed E-state index contributed by atoms with van der Waals surface area (Å²) in [7, 11) is -2.29. The first-order chi connectivity index (χ1) is 8.96. The molecule has 1 aliphatic carbocycles. The summed E-state index contributed by atoms with van der Waals surface area (Å²) >= 11 is 3.11. The van der Waals surface area contributed by atoms with Crippen molar-refractivity contribution in [2.45, 2.75) is 23.8 Å². The van der Waals surface area contributed by atoms with Crippen molar-refractivity contribution in [3.05, 3.63) is 28.5 Å². The second-order valence-electron chi connectivity index (χ2n) is 4.41. The van der Waals surface area contributed by atoms with E-state index in [-0.39, 0.29) is 17.5 Å². The third-order valence-corrected chi connectivity index (χ3v) is 5.43. The number of nitrogens with zero attached hydrogens (tertiary/aromatic N) is 1. The minimum Gasteiger partial charge on any atom is -0.383 e. The number of methoxy groups -OCH3 is 1. The van der Waals surface area contributed by atoms with Gasteiger partial charge in [-0.05, 0) is 31.0 Å². The van der Waals surface area contributed by atoms with E-state index in [1.807, 2.05) is 0 Å². The van der Waals surface area contributed by atoms with E-state index in [2.05, 4.69) is 15.9 Å². The molecule has 0 aromatic heterocycles. The zero-order valence-electron chi connectivity index (χ0n) is 10.5. The van der Waals surface area contributed by atoms with Gasteiger partial charge in [-0.3, -0.25) is 0 Å². The number of rotatable bonds is 6. The molecule has 1 aliphatic rings.